The van der Waals surface area contributed by atoms with E-state index in [0.29, 0.717) is 39.0 Å². The molecule has 0 aliphatic carbocycles. The third-order valence-electron chi connectivity index (χ3n) is 14.7. The Bertz CT molecular complexity index is 1750. The Balaban J connectivity index is 1.37. The SMILES string of the molecule is CO[C@]1(C)C[C@H](O[C@H]2[C@H](C)[C@@H](O[C@@H]3O[C@H](C)C[C@H](N(C)C)[C@H]3O)[C@@](C)(OC)C[C@@H](C)[C@H](O)[C@H](C)N3C[C@@H](COc4ccc5ccccc5c4)[C@H](C3)OC(=O)[C@@H]2C)O[C@@H](C)[C@H]1N. The summed E-state index contributed by atoms with van der Waals surface area (Å²) in [7, 11) is 7.13. The van der Waals surface area contributed by atoms with Gasteiger partial charge in [-0.2, -0.15) is 0 Å². The zero-order valence-electron chi connectivity index (χ0n) is 38.6. The van der Waals surface area contributed by atoms with Gasteiger partial charge < -0.3 is 58.7 Å². The average molecular weight is 858 g/mol. The predicted molar refractivity (Wildman–Crippen MR) is 232 cm³/mol. The van der Waals surface area contributed by atoms with Crippen LogP contribution in [0.25, 0.3) is 10.8 Å². The number of methoxy groups -OCH3 is 2. The second kappa shape index (κ2) is 19.7. The molecule has 0 radical (unpaired) electrons. The summed E-state index contributed by atoms with van der Waals surface area (Å²) >= 11 is 0. The highest BCUT2D eigenvalue weighted by Gasteiger charge is 2.53. The van der Waals surface area contributed by atoms with E-state index in [-0.39, 0.29) is 30.0 Å². The largest absolute Gasteiger partial charge is 0.493 e. The molecule has 2 aromatic carbocycles. The molecule has 0 saturated carbocycles. The van der Waals surface area contributed by atoms with Crippen molar-refractivity contribution in [3.05, 3.63) is 42.5 Å². The highest BCUT2D eigenvalue weighted by molar-refractivity contribution is 5.83. The summed E-state index contributed by atoms with van der Waals surface area (Å²) in [6, 6.07) is 13.2. The first-order valence-electron chi connectivity index (χ1n) is 22.4. The number of hydrogen-bond acceptors (Lipinski definition) is 14. The molecule has 4 heterocycles. The number of rotatable bonds is 10. The van der Waals surface area contributed by atoms with Crippen molar-refractivity contribution in [3.63, 3.8) is 0 Å². The third kappa shape index (κ3) is 10.4. The maximum atomic E-state index is 14.7. The first-order chi connectivity index (χ1) is 28.8. The van der Waals surface area contributed by atoms with Gasteiger partial charge in [0.25, 0.3) is 0 Å². The molecule has 4 aliphatic heterocycles. The Morgan fingerprint density at radius 2 is 1.57 bits per heavy atom. The molecule has 19 atom stereocenters. The molecule has 4 aliphatic rings. The van der Waals surface area contributed by atoms with Crippen LogP contribution in [-0.2, 0) is 38.0 Å². The minimum Gasteiger partial charge on any atom is -0.493 e. The molecule has 14 heteroatoms. The van der Waals surface area contributed by atoms with Gasteiger partial charge in [-0.05, 0) is 97.3 Å². The topological polar surface area (TPSA) is 164 Å². The molecule has 14 nitrogen and oxygen atoms in total. The van der Waals surface area contributed by atoms with Crippen LogP contribution in [0.3, 0.4) is 0 Å². The van der Waals surface area contributed by atoms with Gasteiger partial charge in [-0.3, -0.25) is 9.69 Å². The Morgan fingerprint density at radius 1 is 0.885 bits per heavy atom. The van der Waals surface area contributed by atoms with Crippen LogP contribution in [0.4, 0.5) is 0 Å². The zero-order chi connectivity index (χ0) is 44.6. The van der Waals surface area contributed by atoms with Gasteiger partial charge in [0.1, 0.15) is 18.0 Å². The molecule has 61 heavy (non-hydrogen) atoms. The fraction of sp³-hybridized carbons (Fsp3) is 0.766. The summed E-state index contributed by atoms with van der Waals surface area (Å²) in [5.41, 5.74) is 4.76. The van der Waals surface area contributed by atoms with Crippen LogP contribution in [0.1, 0.15) is 74.7 Å². The minimum atomic E-state index is -1.07. The zero-order valence-corrected chi connectivity index (χ0v) is 38.6. The van der Waals surface area contributed by atoms with E-state index in [2.05, 4.69) is 17.0 Å². The van der Waals surface area contributed by atoms with Crippen LogP contribution in [0.2, 0.25) is 0 Å². The molecule has 4 N–H and O–H groups in total. The number of carbonyl (C=O) groups excluding carboxylic acids is 1. The van der Waals surface area contributed by atoms with E-state index >= 15 is 0 Å². The van der Waals surface area contributed by atoms with Crippen LogP contribution in [-0.4, -0.2) is 159 Å². The molecular formula is C47H75N3O11. The molecular weight excluding hydrogens is 783 g/mol. The lowest BCUT2D eigenvalue weighted by atomic mass is 9.76. The van der Waals surface area contributed by atoms with Crippen molar-refractivity contribution in [1.82, 2.24) is 9.80 Å². The van der Waals surface area contributed by atoms with Gasteiger partial charge in [-0.15, -0.1) is 0 Å². The highest BCUT2D eigenvalue weighted by Crippen LogP contribution is 2.42. The third-order valence-corrected chi connectivity index (χ3v) is 14.7. The van der Waals surface area contributed by atoms with Crippen LogP contribution in [0.15, 0.2) is 42.5 Å². The molecule has 4 fully saturated rings. The lowest BCUT2D eigenvalue weighted by molar-refractivity contribution is -0.313. The van der Waals surface area contributed by atoms with E-state index in [9.17, 15) is 15.0 Å². The lowest BCUT2D eigenvalue weighted by Crippen LogP contribution is -2.62. The van der Waals surface area contributed by atoms with Gasteiger partial charge in [-0.25, -0.2) is 0 Å². The van der Waals surface area contributed by atoms with Crippen molar-refractivity contribution in [2.24, 2.45) is 29.4 Å². The van der Waals surface area contributed by atoms with Gasteiger partial charge in [0.05, 0.1) is 60.3 Å². The number of benzene rings is 2. The van der Waals surface area contributed by atoms with Crippen molar-refractivity contribution >= 4 is 16.7 Å². The number of esters is 1. The number of nitrogens with two attached hydrogens (primary N) is 1. The monoisotopic (exact) mass is 858 g/mol. The summed E-state index contributed by atoms with van der Waals surface area (Å²) in [5.74, 6) is -1.57. The van der Waals surface area contributed by atoms with Crippen molar-refractivity contribution in [1.29, 1.82) is 0 Å². The van der Waals surface area contributed by atoms with Crippen LogP contribution in [0.5, 0.6) is 5.75 Å². The Hall–Kier alpha value is -2.47. The van der Waals surface area contributed by atoms with Gasteiger partial charge in [0.15, 0.2) is 12.6 Å². The smallest absolute Gasteiger partial charge is 0.311 e. The number of aliphatic hydroxyl groups excluding tert-OH is 2. The molecule has 0 aromatic heterocycles. The number of fused-ring (bicyclic) bond motifs is 3. The summed E-state index contributed by atoms with van der Waals surface area (Å²) in [4.78, 5) is 18.9. The maximum Gasteiger partial charge on any atom is 0.311 e. The molecule has 344 valence electrons. The second-order valence-corrected chi connectivity index (χ2v) is 19.3. The first-order valence-corrected chi connectivity index (χ1v) is 22.4. The number of ether oxygens (including phenoxy) is 8. The number of nitrogens with zero attached hydrogens (tertiary/aromatic N) is 2. The number of likely N-dealkylation sites (N-methyl/N-ethyl adjacent to an activating group) is 1. The standard InChI is InChI=1S/C47H75N3O11/c1-26-21-47(8,55-12)43(61-45-40(52)36(49(9)10)19-27(2)57-45)28(3)41(60-38-22-46(7,54-11)42(48)31(6)58-38)29(4)44(53)59-37-24-50(30(5)39(26)51)23-34(37)25-56-35-18-17-32-15-13-14-16-33(32)20-35/h13-18,20,26-31,34,36-43,45,51-52H,19,21-25,48H2,1-12H3/t26-,27-,28+,29-,30+,31+,34+,36+,37+,38+,39+,40-,41+,42-,43-,45+,46-,47+/m1/s1. The fourth-order valence-corrected chi connectivity index (χ4v) is 10.4. The molecule has 1 unspecified atom stereocenters. The van der Waals surface area contributed by atoms with Crippen LogP contribution in [0, 0.1) is 23.7 Å². The fourth-order valence-electron chi connectivity index (χ4n) is 10.4. The van der Waals surface area contributed by atoms with E-state index in [1.54, 1.807) is 14.2 Å². The van der Waals surface area contributed by atoms with Crippen LogP contribution < -0.4 is 10.5 Å². The van der Waals surface area contributed by atoms with Crippen molar-refractivity contribution in [3.8, 4) is 5.75 Å². The van der Waals surface area contributed by atoms with Gasteiger partial charge in [0, 0.05) is 57.6 Å². The average Bonchev–Trinajstić information content (AvgIpc) is 3.64. The van der Waals surface area contributed by atoms with E-state index < -0.39 is 84.3 Å². The molecule has 2 aromatic rings. The summed E-state index contributed by atoms with van der Waals surface area (Å²) in [5, 5.41) is 26.1. The van der Waals surface area contributed by atoms with Gasteiger partial charge >= 0.3 is 5.97 Å². The first kappa shape index (κ1) is 48.0. The number of aliphatic hydroxyl groups is 2. The Morgan fingerprint density at radius 3 is 2.25 bits per heavy atom. The number of carbonyl (C=O) groups is 1. The minimum absolute atomic E-state index is 0.183. The highest BCUT2D eigenvalue weighted by atomic mass is 16.7. The summed E-state index contributed by atoms with van der Waals surface area (Å²) in [6.45, 7) is 16.9. The molecule has 4 saturated heterocycles. The lowest BCUT2D eigenvalue weighted by Gasteiger charge is -2.50. The molecule has 6 rings (SSSR count). The van der Waals surface area contributed by atoms with Crippen molar-refractivity contribution < 1.29 is 52.9 Å². The van der Waals surface area contributed by atoms with E-state index in [1.165, 1.54) is 0 Å². The normalized spacial score (nSPS) is 44.1. The van der Waals surface area contributed by atoms with E-state index in [1.807, 2.05) is 105 Å². The Kier molecular flexibility index (Phi) is 15.5. The van der Waals surface area contributed by atoms with Gasteiger partial charge in [0.2, 0.25) is 0 Å². The molecule has 0 spiro atoms. The van der Waals surface area contributed by atoms with Crippen molar-refractivity contribution in [2.75, 3.05) is 48.0 Å². The Labute approximate surface area is 363 Å². The predicted octanol–water partition coefficient (Wildman–Crippen LogP) is 4.59. The molecule has 0 amide bonds. The second-order valence-electron chi connectivity index (χ2n) is 19.3. The van der Waals surface area contributed by atoms with Crippen molar-refractivity contribution in [2.45, 2.75) is 159 Å². The number of hydrogen-bond donors (Lipinski definition) is 3. The summed E-state index contributed by atoms with van der Waals surface area (Å²) < 4.78 is 52.1. The van der Waals surface area contributed by atoms with Crippen LogP contribution >= 0.6 is 0 Å². The summed E-state index contributed by atoms with van der Waals surface area (Å²) in [6.07, 6.45) is -5.09. The van der Waals surface area contributed by atoms with E-state index in [0.717, 1.165) is 16.5 Å². The van der Waals surface area contributed by atoms with Gasteiger partial charge in [-0.1, -0.05) is 44.2 Å². The van der Waals surface area contributed by atoms with E-state index in [4.69, 9.17) is 43.6 Å². The quantitative estimate of drug-likeness (QED) is 0.285. The molecule has 2 bridgehead atoms. The maximum absolute atomic E-state index is 14.7.